The Morgan fingerprint density at radius 2 is 1.79 bits per heavy atom. The van der Waals surface area contributed by atoms with E-state index in [4.69, 9.17) is 11.6 Å². The molecular weight excluding hydrogens is 284 g/mol. The zero-order chi connectivity index (χ0) is 12.5. The predicted molar refractivity (Wildman–Crippen MR) is 79.5 cm³/mol. The van der Waals surface area contributed by atoms with Gasteiger partial charge in [0, 0.05) is 17.1 Å². The van der Waals surface area contributed by atoms with Crippen molar-refractivity contribution in [1.29, 1.82) is 0 Å². The molecule has 4 heteroatoms. The summed E-state index contributed by atoms with van der Waals surface area (Å²) in [5.74, 6) is -0.187. The lowest BCUT2D eigenvalue weighted by molar-refractivity contribution is 0.627. The second-order valence-corrected chi connectivity index (χ2v) is 4.87. The summed E-state index contributed by atoms with van der Waals surface area (Å²) in [6, 6.07) is 10.6. The summed E-state index contributed by atoms with van der Waals surface area (Å²) in [5.41, 5.74) is 3.86. The Morgan fingerprint density at radius 3 is 2.58 bits per heavy atom. The zero-order valence-electron chi connectivity index (χ0n) is 10.2. The molecule has 0 unspecified atom stereocenters. The summed E-state index contributed by atoms with van der Waals surface area (Å²) in [4.78, 5) is 0. The van der Waals surface area contributed by atoms with Gasteiger partial charge in [0.15, 0.2) is 0 Å². The molecule has 1 aliphatic heterocycles. The molecule has 0 fully saturated rings. The molecule has 0 amide bonds. The van der Waals surface area contributed by atoms with Gasteiger partial charge in [-0.2, -0.15) is 0 Å². The van der Waals surface area contributed by atoms with Crippen molar-refractivity contribution in [3.63, 3.8) is 0 Å². The van der Waals surface area contributed by atoms with Gasteiger partial charge in [-0.15, -0.1) is 12.4 Å². The highest BCUT2D eigenvalue weighted by molar-refractivity contribution is 6.31. The molecule has 0 saturated carbocycles. The number of hydrogen-bond donors (Lipinski definition) is 1. The average molecular weight is 298 g/mol. The van der Waals surface area contributed by atoms with E-state index < -0.39 is 0 Å². The summed E-state index contributed by atoms with van der Waals surface area (Å²) < 4.78 is 13.9. The maximum Gasteiger partial charge on any atom is 0.131 e. The molecule has 0 bridgehead atoms. The molecule has 0 aromatic heterocycles. The summed E-state index contributed by atoms with van der Waals surface area (Å²) in [5, 5.41) is 4.10. The molecule has 1 aliphatic rings. The third-order valence-corrected chi connectivity index (χ3v) is 3.75. The minimum Gasteiger partial charge on any atom is -0.312 e. The van der Waals surface area contributed by atoms with Gasteiger partial charge in [0.1, 0.15) is 5.82 Å². The van der Waals surface area contributed by atoms with Crippen molar-refractivity contribution in [2.45, 2.75) is 13.0 Å². The summed E-state index contributed by atoms with van der Waals surface area (Å²) in [6.45, 7) is 1.67. The average Bonchev–Trinajstić information content (AvgIpc) is 2.41. The molecular formula is C15H14Cl2FN. The van der Waals surface area contributed by atoms with E-state index in [9.17, 15) is 4.39 Å². The molecule has 0 atom stereocenters. The lowest BCUT2D eigenvalue weighted by atomic mass is 9.91. The number of fused-ring (bicyclic) bond motifs is 1. The van der Waals surface area contributed by atoms with Crippen LogP contribution in [-0.4, -0.2) is 6.54 Å². The molecule has 0 radical (unpaired) electrons. The summed E-state index contributed by atoms with van der Waals surface area (Å²) in [6.07, 6.45) is 0.899. The van der Waals surface area contributed by atoms with Crippen LogP contribution in [0.2, 0.25) is 5.02 Å². The van der Waals surface area contributed by atoms with Crippen molar-refractivity contribution in [3.05, 3.63) is 58.4 Å². The number of rotatable bonds is 1. The van der Waals surface area contributed by atoms with E-state index in [2.05, 4.69) is 5.32 Å². The van der Waals surface area contributed by atoms with Crippen LogP contribution in [0.5, 0.6) is 0 Å². The lowest BCUT2D eigenvalue weighted by Crippen LogP contribution is -2.24. The van der Waals surface area contributed by atoms with Crippen LogP contribution in [-0.2, 0) is 13.0 Å². The van der Waals surface area contributed by atoms with E-state index in [1.54, 1.807) is 6.07 Å². The van der Waals surface area contributed by atoms with E-state index in [-0.39, 0.29) is 18.2 Å². The second-order valence-electron chi connectivity index (χ2n) is 4.46. The molecule has 1 heterocycles. The Kier molecular flexibility index (Phi) is 4.46. The molecule has 3 rings (SSSR count). The van der Waals surface area contributed by atoms with Crippen LogP contribution in [0.1, 0.15) is 11.1 Å². The van der Waals surface area contributed by atoms with Gasteiger partial charge in [0.2, 0.25) is 0 Å². The second kappa shape index (κ2) is 5.91. The van der Waals surface area contributed by atoms with E-state index in [0.717, 1.165) is 41.2 Å². The van der Waals surface area contributed by atoms with Crippen LogP contribution in [0.4, 0.5) is 4.39 Å². The Hall–Kier alpha value is -1.09. The first-order valence-electron chi connectivity index (χ1n) is 6.03. The van der Waals surface area contributed by atoms with Crippen LogP contribution in [0, 0.1) is 5.82 Å². The van der Waals surface area contributed by atoms with Gasteiger partial charge < -0.3 is 5.32 Å². The molecule has 1 N–H and O–H groups in total. The van der Waals surface area contributed by atoms with Gasteiger partial charge in [0.05, 0.1) is 0 Å². The van der Waals surface area contributed by atoms with Gasteiger partial charge >= 0.3 is 0 Å². The first kappa shape index (κ1) is 14.3. The molecule has 0 saturated heterocycles. The third kappa shape index (κ3) is 2.62. The number of benzene rings is 2. The fraction of sp³-hybridized carbons (Fsp3) is 0.200. The highest BCUT2D eigenvalue weighted by atomic mass is 35.5. The Morgan fingerprint density at radius 1 is 1.00 bits per heavy atom. The fourth-order valence-corrected chi connectivity index (χ4v) is 2.77. The van der Waals surface area contributed by atoms with Gasteiger partial charge in [-0.3, -0.25) is 0 Å². The molecule has 19 heavy (non-hydrogen) atoms. The van der Waals surface area contributed by atoms with Crippen molar-refractivity contribution < 1.29 is 4.39 Å². The fourth-order valence-electron chi connectivity index (χ4n) is 2.50. The molecule has 2 aromatic rings. The maximum atomic E-state index is 13.9. The highest BCUT2D eigenvalue weighted by Crippen LogP contribution is 2.33. The molecule has 0 spiro atoms. The smallest absolute Gasteiger partial charge is 0.131 e. The number of nitrogens with one attached hydrogen (secondary N) is 1. The monoisotopic (exact) mass is 297 g/mol. The summed E-state index contributed by atoms with van der Waals surface area (Å²) in [7, 11) is 0. The Bertz CT molecular complexity index is 599. The van der Waals surface area contributed by atoms with E-state index in [1.165, 1.54) is 6.07 Å². The van der Waals surface area contributed by atoms with Gasteiger partial charge in [-0.25, -0.2) is 4.39 Å². The van der Waals surface area contributed by atoms with Crippen molar-refractivity contribution in [3.8, 4) is 11.1 Å². The predicted octanol–water partition coefficient (Wildman–Crippen LogP) is 4.21. The van der Waals surface area contributed by atoms with Gasteiger partial charge in [-0.05, 0) is 41.8 Å². The van der Waals surface area contributed by atoms with Crippen LogP contribution in [0.25, 0.3) is 11.1 Å². The largest absolute Gasteiger partial charge is 0.312 e. The molecule has 1 nitrogen and oxygen atoms in total. The van der Waals surface area contributed by atoms with E-state index in [1.807, 2.05) is 24.3 Å². The van der Waals surface area contributed by atoms with Crippen molar-refractivity contribution in [2.24, 2.45) is 0 Å². The first-order chi connectivity index (χ1) is 8.77. The number of hydrogen-bond acceptors (Lipinski definition) is 1. The standard InChI is InChI=1S/C15H13ClFN.ClH/c16-14-6-5-10(12-3-1-2-4-15(12)17)13-9-18-8-7-11(13)14;/h1-6,18H,7-9H2;1H. The topological polar surface area (TPSA) is 12.0 Å². The van der Waals surface area contributed by atoms with Gasteiger partial charge in [0.25, 0.3) is 0 Å². The highest BCUT2D eigenvalue weighted by Gasteiger charge is 2.18. The first-order valence-corrected chi connectivity index (χ1v) is 6.41. The van der Waals surface area contributed by atoms with Crippen LogP contribution >= 0.6 is 24.0 Å². The summed E-state index contributed by atoms with van der Waals surface area (Å²) >= 11 is 6.22. The normalized spacial score (nSPS) is 13.6. The minimum absolute atomic E-state index is 0. The van der Waals surface area contributed by atoms with E-state index in [0.29, 0.717) is 5.56 Å². The zero-order valence-corrected chi connectivity index (χ0v) is 11.8. The third-order valence-electron chi connectivity index (χ3n) is 3.39. The Balaban J connectivity index is 0.00000133. The lowest BCUT2D eigenvalue weighted by Gasteiger charge is -2.22. The maximum absolute atomic E-state index is 13.9. The minimum atomic E-state index is -0.187. The van der Waals surface area contributed by atoms with Crippen LogP contribution in [0.3, 0.4) is 0 Å². The molecule has 0 aliphatic carbocycles. The van der Waals surface area contributed by atoms with Crippen molar-refractivity contribution in [2.75, 3.05) is 6.54 Å². The van der Waals surface area contributed by atoms with E-state index >= 15 is 0 Å². The van der Waals surface area contributed by atoms with Crippen molar-refractivity contribution in [1.82, 2.24) is 5.32 Å². The SMILES string of the molecule is Cl.Fc1ccccc1-c1ccc(Cl)c2c1CNCC2. The quantitative estimate of drug-likeness (QED) is 0.831. The molecule has 2 aromatic carbocycles. The van der Waals surface area contributed by atoms with Gasteiger partial charge in [-0.1, -0.05) is 35.9 Å². The van der Waals surface area contributed by atoms with Crippen LogP contribution in [0.15, 0.2) is 36.4 Å². The van der Waals surface area contributed by atoms with Crippen molar-refractivity contribution >= 4 is 24.0 Å². The number of halogens is 3. The van der Waals surface area contributed by atoms with Crippen LogP contribution < -0.4 is 5.32 Å². The Labute approximate surface area is 123 Å². The molecule has 100 valence electrons.